The van der Waals surface area contributed by atoms with Crippen LogP contribution in [-0.2, 0) is 0 Å². The van der Waals surface area contributed by atoms with Gasteiger partial charge in [0, 0.05) is 17.3 Å². The van der Waals surface area contributed by atoms with E-state index in [-0.39, 0.29) is 5.91 Å². The molecule has 1 heterocycles. The molecule has 0 saturated heterocycles. The molecule has 1 atom stereocenters. The van der Waals surface area contributed by atoms with Crippen LogP contribution in [-0.4, -0.2) is 20.1 Å². The molecule has 3 aromatic rings. The molecule has 0 fully saturated rings. The van der Waals surface area contributed by atoms with Crippen molar-refractivity contribution in [3.05, 3.63) is 83.7 Å². The number of methoxy groups -OCH3 is 2. The van der Waals surface area contributed by atoms with Gasteiger partial charge in [0.2, 0.25) is 0 Å². The van der Waals surface area contributed by atoms with E-state index in [4.69, 9.17) is 9.47 Å². The van der Waals surface area contributed by atoms with Crippen molar-refractivity contribution in [2.45, 2.75) is 6.17 Å². The molecule has 28 heavy (non-hydrogen) atoms. The van der Waals surface area contributed by atoms with Gasteiger partial charge in [-0.25, -0.2) is 4.39 Å². The molecule has 5 nitrogen and oxygen atoms in total. The minimum absolute atomic E-state index is 0.244. The number of rotatable bonds is 4. The van der Waals surface area contributed by atoms with E-state index in [1.165, 1.54) is 18.1 Å². The normalized spacial score (nSPS) is 15.6. The zero-order chi connectivity index (χ0) is 19.7. The summed E-state index contributed by atoms with van der Waals surface area (Å²) in [5.74, 6) is 0.409. The third-order valence-electron chi connectivity index (χ3n) is 4.77. The van der Waals surface area contributed by atoms with Crippen molar-refractivity contribution in [3.63, 3.8) is 0 Å². The quantitative estimate of drug-likeness (QED) is 0.720. The zero-order valence-electron chi connectivity index (χ0n) is 15.5. The van der Waals surface area contributed by atoms with Crippen molar-refractivity contribution in [3.8, 4) is 11.5 Å². The highest BCUT2D eigenvalue weighted by atomic mass is 19.1. The fourth-order valence-electron chi connectivity index (χ4n) is 3.40. The number of nitrogens with one attached hydrogen (secondary N) is 1. The van der Waals surface area contributed by atoms with Crippen LogP contribution in [0, 0.1) is 5.82 Å². The highest BCUT2D eigenvalue weighted by Gasteiger charge is 2.36. The number of anilines is 2. The lowest BCUT2D eigenvalue weighted by Crippen LogP contribution is -2.43. The van der Waals surface area contributed by atoms with Crippen molar-refractivity contribution >= 4 is 17.3 Å². The minimum Gasteiger partial charge on any atom is -0.497 e. The van der Waals surface area contributed by atoms with Crippen LogP contribution in [0.1, 0.15) is 22.1 Å². The van der Waals surface area contributed by atoms with E-state index < -0.39 is 12.0 Å². The molecule has 0 saturated carbocycles. The lowest BCUT2D eigenvalue weighted by Gasteiger charge is -2.38. The monoisotopic (exact) mass is 378 g/mol. The van der Waals surface area contributed by atoms with Gasteiger partial charge < -0.3 is 14.8 Å². The Morgan fingerprint density at radius 3 is 2.46 bits per heavy atom. The summed E-state index contributed by atoms with van der Waals surface area (Å²) in [4.78, 5) is 14.9. The van der Waals surface area contributed by atoms with Crippen LogP contribution in [0.3, 0.4) is 0 Å². The molecule has 6 heteroatoms. The zero-order valence-corrected chi connectivity index (χ0v) is 15.5. The van der Waals surface area contributed by atoms with Gasteiger partial charge in [-0.2, -0.15) is 0 Å². The van der Waals surface area contributed by atoms with Crippen LogP contribution in [0.5, 0.6) is 11.5 Å². The Hall–Kier alpha value is -3.54. The first-order valence-corrected chi connectivity index (χ1v) is 8.79. The molecule has 1 N–H and O–H groups in total. The number of amides is 1. The predicted molar refractivity (Wildman–Crippen MR) is 106 cm³/mol. The molecule has 0 spiro atoms. The molecular formula is C22H19FN2O3. The smallest absolute Gasteiger partial charge is 0.262 e. The molecule has 1 aliphatic heterocycles. The Morgan fingerprint density at radius 1 is 0.964 bits per heavy atom. The summed E-state index contributed by atoms with van der Waals surface area (Å²) in [5, 5.41) is 3.29. The van der Waals surface area contributed by atoms with Gasteiger partial charge in [-0.05, 0) is 30.3 Å². The average Bonchev–Trinajstić information content (AvgIpc) is 2.74. The highest BCUT2D eigenvalue weighted by Crippen LogP contribution is 2.42. The minimum atomic E-state index is -0.731. The van der Waals surface area contributed by atoms with Crippen molar-refractivity contribution < 1.29 is 18.7 Å². The maximum Gasteiger partial charge on any atom is 0.262 e. The molecule has 0 aromatic heterocycles. The van der Waals surface area contributed by atoms with Crippen LogP contribution in [0.25, 0.3) is 0 Å². The van der Waals surface area contributed by atoms with E-state index in [0.717, 1.165) is 0 Å². The molecule has 0 bridgehead atoms. The van der Waals surface area contributed by atoms with Crippen LogP contribution in [0.4, 0.5) is 15.8 Å². The molecule has 142 valence electrons. The highest BCUT2D eigenvalue weighted by molar-refractivity contribution is 6.12. The predicted octanol–water partition coefficient (Wildman–Crippen LogP) is 4.61. The van der Waals surface area contributed by atoms with Crippen molar-refractivity contribution in [2.24, 2.45) is 0 Å². The van der Waals surface area contributed by atoms with Gasteiger partial charge in [0.1, 0.15) is 23.5 Å². The van der Waals surface area contributed by atoms with Crippen molar-refractivity contribution in [1.29, 1.82) is 0 Å². The molecule has 3 aromatic carbocycles. The van der Waals surface area contributed by atoms with Gasteiger partial charge >= 0.3 is 0 Å². The van der Waals surface area contributed by atoms with E-state index in [1.807, 2.05) is 12.1 Å². The van der Waals surface area contributed by atoms with Gasteiger partial charge in [-0.1, -0.05) is 30.3 Å². The molecule has 0 radical (unpaired) electrons. The summed E-state index contributed by atoms with van der Waals surface area (Å²) in [6.45, 7) is 0. The maximum absolute atomic E-state index is 14.6. The van der Waals surface area contributed by atoms with Crippen molar-refractivity contribution in [2.75, 3.05) is 24.4 Å². The maximum atomic E-state index is 14.6. The average molecular weight is 378 g/mol. The first-order chi connectivity index (χ1) is 13.6. The summed E-state index contributed by atoms with van der Waals surface area (Å²) in [5.41, 5.74) is 2.05. The molecule has 4 rings (SSSR count). The second kappa shape index (κ2) is 7.23. The molecule has 1 aliphatic rings. The van der Waals surface area contributed by atoms with Gasteiger partial charge in [-0.3, -0.25) is 9.69 Å². The van der Waals surface area contributed by atoms with Gasteiger partial charge in [0.05, 0.1) is 25.5 Å². The number of fused-ring (bicyclic) bond motifs is 1. The Labute approximate surface area is 162 Å². The lowest BCUT2D eigenvalue weighted by molar-refractivity contribution is 0.0973. The van der Waals surface area contributed by atoms with E-state index >= 15 is 0 Å². The van der Waals surface area contributed by atoms with E-state index in [0.29, 0.717) is 34.0 Å². The molecule has 1 amide bonds. The third-order valence-corrected chi connectivity index (χ3v) is 4.77. The lowest BCUT2D eigenvalue weighted by atomic mass is 10.0. The Kier molecular flexibility index (Phi) is 4.61. The van der Waals surface area contributed by atoms with Gasteiger partial charge in [0.15, 0.2) is 0 Å². The fraction of sp³-hybridized carbons (Fsp3) is 0.136. The Bertz CT molecular complexity index is 1040. The number of hydrogen-bond donors (Lipinski definition) is 1. The topological polar surface area (TPSA) is 50.8 Å². The number of para-hydroxylation sites is 1. The number of nitrogens with zero attached hydrogens (tertiary/aromatic N) is 1. The summed E-state index contributed by atoms with van der Waals surface area (Å²) >= 11 is 0. The first kappa shape index (κ1) is 17.9. The second-order valence-electron chi connectivity index (χ2n) is 6.33. The number of halogens is 1. The molecule has 1 unspecified atom stereocenters. The summed E-state index contributed by atoms with van der Waals surface area (Å²) in [6, 6.07) is 18.8. The first-order valence-electron chi connectivity index (χ1n) is 8.79. The molecule has 0 aliphatic carbocycles. The number of hydrogen-bond acceptors (Lipinski definition) is 4. The third kappa shape index (κ3) is 2.93. The summed E-state index contributed by atoms with van der Waals surface area (Å²) in [6.07, 6.45) is -0.731. The number of ether oxygens (including phenoxy) is 2. The Morgan fingerprint density at radius 2 is 1.71 bits per heavy atom. The van der Waals surface area contributed by atoms with Crippen LogP contribution >= 0.6 is 0 Å². The van der Waals surface area contributed by atoms with E-state index in [9.17, 15) is 9.18 Å². The largest absolute Gasteiger partial charge is 0.497 e. The fourth-order valence-corrected chi connectivity index (χ4v) is 3.40. The number of benzene rings is 3. The number of carbonyl (C=O) groups excluding carboxylic acids is 1. The van der Waals surface area contributed by atoms with Crippen LogP contribution in [0.2, 0.25) is 0 Å². The standard InChI is InChI=1S/C22H19FN2O3/c1-27-14-11-12-19(20(13-14)28-2)25-21(15-7-3-5-9-17(15)23)24-18-10-6-4-8-16(18)22(25)26/h3-13,21,24H,1-2H3. The van der Waals surface area contributed by atoms with Gasteiger partial charge in [-0.15, -0.1) is 0 Å². The summed E-state index contributed by atoms with van der Waals surface area (Å²) in [7, 11) is 3.08. The van der Waals surface area contributed by atoms with Crippen LogP contribution in [0.15, 0.2) is 66.7 Å². The summed E-state index contributed by atoms with van der Waals surface area (Å²) < 4.78 is 25.4. The molecular weight excluding hydrogens is 359 g/mol. The van der Waals surface area contributed by atoms with E-state index in [1.54, 1.807) is 55.6 Å². The SMILES string of the molecule is COc1ccc(N2C(=O)c3ccccc3NC2c2ccccc2F)c(OC)c1. The van der Waals surface area contributed by atoms with Crippen LogP contribution < -0.4 is 19.7 Å². The Balaban J connectivity index is 1.91. The van der Waals surface area contributed by atoms with E-state index in [2.05, 4.69) is 5.32 Å². The van der Waals surface area contributed by atoms with Gasteiger partial charge in [0.25, 0.3) is 5.91 Å². The number of carbonyl (C=O) groups is 1. The second-order valence-corrected chi connectivity index (χ2v) is 6.33. The van der Waals surface area contributed by atoms with Crippen molar-refractivity contribution in [1.82, 2.24) is 0 Å².